The Bertz CT molecular complexity index is 749. The van der Waals surface area contributed by atoms with Crippen LogP contribution in [0.15, 0.2) is 42.5 Å². The molecule has 2 N–H and O–H groups in total. The monoisotopic (exact) mass is 336 g/mol. The number of piperidine rings is 1. The highest BCUT2D eigenvalue weighted by Gasteiger charge is 2.18. The van der Waals surface area contributed by atoms with Crippen LogP contribution in [-0.2, 0) is 17.8 Å². The number of fused-ring (bicyclic) bond motifs is 1. The average Bonchev–Trinajstić information content (AvgIpc) is 2.67. The number of rotatable bonds is 4. The van der Waals surface area contributed by atoms with Crippen molar-refractivity contribution in [2.75, 3.05) is 18.4 Å². The van der Waals surface area contributed by atoms with Gasteiger partial charge in [-0.1, -0.05) is 30.3 Å². The number of nitrogens with one attached hydrogen (secondary N) is 2. The van der Waals surface area contributed by atoms with Gasteiger partial charge in [0.25, 0.3) is 0 Å². The van der Waals surface area contributed by atoms with Gasteiger partial charge >= 0.3 is 0 Å². The van der Waals surface area contributed by atoms with Gasteiger partial charge in [-0.25, -0.2) is 0 Å². The number of anilines is 1. The number of amides is 1. The summed E-state index contributed by atoms with van der Waals surface area (Å²) in [6, 6.07) is 14.7. The van der Waals surface area contributed by atoms with E-state index in [1.807, 2.05) is 18.2 Å². The number of hydrogen-bond donors (Lipinski definition) is 2. The molecule has 2 heterocycles. The molecule has 2 aromatic carbocycles. The molecular formula is C21H24N2O2. The fourth-order valence-electron chi connectivity index (χ4n) is 3.73. The number of carbonyl (C=O) groups is 1. The summed E-state index contributed by atoms with van der Waals surface area (Å²) in [5.74, 6) is 1.64. The van der Waals surface area contributed by atoms with Gasteiger partial charge in [0.2, 0.25) is 5.91 Å². The maximum Gasteiger partial charge on any atom is 0.224 e. The summed E-state index contributed by atoms with van der Waals surface area (Å²) in [6.07, 6.45) is 3.71. The maximum absolute atomic E-state index is 11.5. The Balaban J connectivity index is 1.42. The molecule has 1 fully saturated rings. The quantitative estimate of drug-likeness (QED) is 0.897. The van der Waals surface area contributed by atoms with E-state index in [1.165, 1.54) is 24.0 Å². The summed E-state index contributed by atoms with van der Waals surface area (Å²) in [5, 5.41) is 6.33. The van der Waals surface area contributed by atoms with Crippen LogP contribution in [0.3, 0.4) is 0 Å². The summed E-state index contributed by atoms with van der Waals surface area (Å²) in [5.41, 5.74) is 4.60. The van der Waals surface area contributed by atoms with Gasteiger partial charge in [-0.15, -0.1) is 0 Å². The van der Waals surface area contributed by atoms with E-state index in [0.29, 0.717) is 18.9 Å². The molecule has 2 aromatic rings. The van der Waals surface area contributed by atoms with Crippen molar-refractivity contribution in [3.05, 3.63) is 59.2 Å². The summed E-state index contributed by atoms with van der Waals surface area (Å²) in [7, 11) is 0. The predicted molar refractivity (Wildman–Crippen MR) is 99.0 cm³/mol. The van der Waals surface area contributed by atoms with Crippen molar-refractivity contribution in [3.63, 3.8) is 0 Å². The first kappa shape index (κ1) is 16.2. The van der Waals surface area contributed by atoms with Crippen molar-refractivity contribution in [1.82, 2.24) is 5.32 Å². The van der Waals surface area contributed by atoms with E-state index in [-0.39, 0.29) is 5.91 Å². The average molecular weight is 336 g/mol. The Hall–Kier alpha value is -2.33. The first-order valence-corrected chi connectivity index (χ1v) is 9.14. The van der Waals surface area contributed by atoms with E-state index in [2.05, 4.69) is 34.9 Å². The second-order valence-electron chi connectivity index (χ2n) is 6.88. The lowest BCUT2D eigenvalue weighted by Gasteiger charge is -2.23. The summed E-state index contributed by atoms with van der Waals surface area (Å²) in [6.45, 7) is 2.78. The molecule has 1 saturated heterocycles. The van der Waals surface area contributed by atoms with Crippen LogP contribution in [0.2, 0.25) is 0 Å². The molecule has 0 spiro atoms. The van der Waals surface area contributed by atoms with E-state index >= 15 is 0 Å². The molecule has 0 bridgehead atoms. The Morgan fingerprint density at radius 1 is 1.00 bits per heavy atom. The maximum atomic E-state index is 11.5. The smallest absolute Gasteiger partial charge is 0.224 e. The number of ether oxygens (including phenoxy) is 1. The molecule has 0 aliphatic carbocycles. The third kappa shape index (κ3) is 3.69. The van der Waals surface area contributed by atoms with Gasteiger partial charge in [-0.3, -0.25) is 4.79 Å². The highest BCUT2D eigenvalue weighted by atomic mass is 16.5. The third-order valence-electron chi connectivity index (χ3n) is 5.19. The fourth-order valence-corrected chi connectivity index (χ4v) is 3.73. The van der Waals surface area contributed by atoms with Crippen molar-refractivity contribution >= 4 is 11.6 Å². The van der Waals surface area contributed by atoms with E-state index in [4.69, 9.17) is 4.74 Å². The van der Waals surface area contributed by atoms with Crippen molar-refractivity contribution in [2.45, 2.75) is 38.2 Å². The van der Waals surface area contributed by atoms with Crippen molar-refractivity contribution in [2.24, 2.45) is 0 Å². The van der Waals surface area contributed by atoms with Gasteiger partial charge in [0.05, 0.1) is 0 Å². The minimum atomic E-state index is 0.0816. The van der Waals surface area contributed by atoms with E-state index in [0.717, 1.165) is 36.5 Å². The van der Waals surface area contributed by atoms with E-state index < -0.39 is 0 Å². The molecule has 4 heteroatoms. The van der Waals surface area contributed by atoms with Gasteiger partial charge in [0.15, 0.2) is 0 Å². The van der Waals surface area contributed by atoms with Crippen LogP contribution in [-0.4, -0.2) is 19.0 Å². The predicted octanol–water partition coefficient (Wildman–Crippen LogP) is 3.62. The third-order valence-corrected chi connectivity index (χ3v) is 5.19. The Labute approximate surface area is 148 Å². The van der Waals surface area contributed by atoms with Crippen LogP contribution >= 0.6 is 0 Å². The molecule has 0 radical (unpaired) electrons. The number of carbonyl (C=O) groups excluding carboxylic acids is 1. The Morgan fingerprint density at radius 3 is 2.60 bits per heavy atom. The van der Waals surface area contributed by atoms with E-state index in [1.54, 1.807) is 0 Å². The molecule has 25 heavy (non-hydrogen) atoms. The first-order valence-electron chi connectivity index (χ1n) is 9.14. The SMILES string of the molecule is O=C1CCc2c(cccc2OCc2ccc(C3CCNCC3)cc2)N1. The lowest BCUT2D eigenvalue weighted by atomic mass is 9.90. The minimum Gasteiger partial charge on any atom is -0.489 e. The molecule has 2 aliphatic rings. The van der Waals surface area contributed by atoms with Crippen LogP contribution in [0, 0.1) is 0 Å². The van der Waals surface area contributed by atoms with Crippen molar-refractivity contribution in [1.29, 1.82) is 0 Å². The minimum absolute atomic E-state index is 0.0816. The molecule has 0 aromatic heterocycles. The van der Waals surface area contributed by atoms with Crippen LogP contribution < -0.4 is 15.4 Å². The molecule has 4 nitrogen and oxygen atoms in total. The molecule has 2 aliphatic heterocycles. The summed E-state index contributed by atoms with van der Waals surface area (Å²) >= 11 is 0. The largest absolute Gasteiger partial charge is 0.489 e. The zero-order chi connectivity index (χ0) is 17.1. The lowest BCUT2D eigenvalue weighted by Crippen LogP contribution is -2.26. The van der Waals surface area contributed by atoms with Crippen molar-refractivity contribution < 1.29 is 9.53 Å². The second-order valence-corrected chi connectivity index (χ2v) is 6.88. The van der Waals surface area contributed by atoms with Gasteiger partial charge < -0.3 is 15.4 Å². The van der Waals surface area contributed by atoms with Gasteiger partial charge in [0, 0.05) is 17.7 Å². The first-order chi connectivity index (χ1) is 12.3. The summed E-state index contributed by atoms with van der Waals surface area (Å²) in [4.78, 5) is 11.5. The van der Waals surface area contributed by atoms with Crippen LogP contribution in [0.4, 0.5) is 5.69 Å². The topological polar surface area (TPSA) is 50.4 Å². The standard InChI is InChI=1S/C21H24N2O2/c24-21-9-8-18-19(23-21)2-1-3-20(18)25-14-15-4-6-16(7-5-15)17-10-12-22-13-11-17/h1-7,17,22H,8-14H2,(H,23,24). The fraction of sp³-hybridized carbons (Fsp3) is 0.381. The Morgan fingerprint density at radius 2 is 1.80 bits per heavy atom. The molecule has 0 unspecified atom stereocenters. The van der Waals surface area contributed by atoms with Gasteiger partial charge in [-0.05, 0) is 61.5 Å². The van der Waals surface area contributed by atoms with Crippen LogP contribution in [0.5, 0.6) is 5.75 Å². The summed E-state index contributed by atoms with van der Waals surface area (Å²) < 4.78 is 6.05. The van der Waals surface area contributed by atoms with Crippen LogP contribution in [0.25, 0.3) is 0 Å². The molecule has 0 atom stereocenters. The number of hydrogen-bond acceptors (Lipinski definition) is 3. The van der Waals surface area contributed by atoms with Crippen LogP contribution in [0.1, 0.15) is 41.9 Å². The molecule has 130 valence electrons. The Kier molecular flexibility index (Phi) is 4.70. The van der Waals surface area contributed by atoms with Gasteiger partial charge in [0.1, 0.15) is 12.4 Å². The molecule has 4 rings (SSSR count). The highest BCUT2D eigenvalue weighted by molar-refractivity contribution is 5.94. The van der Waals surface area contributed by atoms with Gasteiger partial charge in [-0.2, -0.15) is 0 Å². The zero-order valence-corrected chi connectivity index (χ0v) is 14.4. The lowest BCUT2D eigenvalue weighted by molar-refractivity contribution is -0.116. The van der Waals surface area contributed by atoms with E-state index in [9.17, 15) is 4.79 Å². The molecular weight excluding hydrogens is 312 g/mol. The molecule has 1 amide bonds. The molecule has 0 saturated carbocycles. The second kappa shape index (κ2) is 7.28. The zero-order valence-electron chi connectivity index (χ0n) is 14.4. The number of benzene rings is 2. The highest BCUT2D eigenvalue weighted by Crippen LogP contribution is 2.31. The normalized spacial score (nSPS) is 17.7. The van der Waals surface area contributed by atoms with Crippen molar-refractivity contribution in [3.8, 4) is 5.75 Å².